The lowest BCUT2D eigenvalue weighted by atomic mass is 10.0. The Balaban J connectivity index is 2.50. The Bertz CT molecular complexity index is 462. The third-order valence-corrected chi connectivity index (χ3v) is 2.78. The topological polar surface area (TPSA) is 41.6 Å². The summed E-state index contributed by atoms with van der Waals surface area (Å²) in [5.74, 6) is 0.842. The summed E-state index contributed by atoms with van der Waals surface area (Å²) in [5, 5.41) is 7.36. The minimum absolute atomic E-state index is 0.388. The molecule has 0 bridgehead atoms. The maximum atomic E-state index is 5.98. The van der Waals surface area contributed by atoms with Crippen LogP contribution in [-0.2, 0) is 5.88 Å². The Morgan fingerprint density at radius 3 is 2.75 bits per heavy atom. The van der Waals surface area contributed by atoms with Crippen molar-refractivity contribution >= 4 is 11.6 Å². The molecule has 4 heteroatoms. The second-order valence-electron chi connectivity index (χ2n) is 3.97. The Kier molecular flexibility index (Phi) is 3.25. The van der Waals surface area contributed by atoms with Crippen LogP contribution in [0.25, 0.3) is 11.4 Å². The van der Waals surface area contributed by atoms with Gasteiger partial charge in [0.1, 0.15) is 5.69 Å². The zero-order chi connectivity index (χ0) is 11.5. The van der Waals surface area contributed by atoms with Crippen molar-refractivity contribution in [3.63, 3.8) is 0 Å². The molecule has 0 spiro atoms. The smallest absolute Gasteiger partial charge is 0.115 e. The van der Waals surface area contributed by atoms with Gasteiger partial charge in [0.05, 0.1) is 11.6 Å². The number of hydrogen-bond acceptors (Lipinski definition) is 2. The first-order chi connectivity index (χ1) is 7.74. The van der Waals surface area contributed by atoms with Gasteiger partial charge in [0.25, 0.3) is 0 Å². The van der Waals surface area contributed by atoms with Crippen molar-refractivity contribution in [2.75, 3.05) is 0 Å². The highest BCUT2D eigenvalue weighted by Gasteiger charge is 2.16. The maximum Gasteiger partial charge on any atom is 0.115 e. The second-order valence-corrected chi connectivity index (χ2v) is 4.24. The van der Waals surface area contributed by atoms with E-state index >= 15 is 0 Å². The number of halogens is 1. The van der Waals surface area contributed by atoms with Gasteiger partial charge in [-0.3, -0.25) is 10.1 Å². The molecular weight excluding hydrogens is 222 g/mol. The molecule has 0 atom stereocenters. The monoisotopic (exact) mass is 235 g/mol. The Labute approximate surface area is 99.9 Å². The van der Waals surface area contributed by atoms with Crippen LogP contribution in [-0.4, -0.2) is 15.2 Å². The Morgan fingerprint density at radius 1 is 1.38 bits per heavy atom. The lowest BCUT2D eigenvalue weighted by Gasteiger charge is -2.04. The molecule has 0 saturated carbocycles. The first kappa shape index (κ1) is 11.1. The number of hydrogen-bond donors (Lipinski definition) is 1. The number of alkyl halides is 1. The third kappa shape index (κ3) is 1.95. The van der Waals surface area contributed by atoms with E-state index in [2.05, 4.69) is 29.0 Å². The lowest BCUT2D eigenvalue weighted by molar-refractivity contribution is 0.803. The van der Waals surface area contributed by atoms with Gasteiger partial charge in [-0.15, -0.1) is 11.6 Å². The summed E-state index contributed by atoms with van der Waals surface area (Å²) in [6, 6.07) is 5.78. The fourth-order valence-corrected chi connectivity index (χ4v) is 1.98. The van der Waals surface area contributed by atoms with Crippen LogP contribution in [0.1, 0.15) is 31.0 Å². The molecule has 1 N–H and O–H groups in total. The molecule has 2 rings (SSSR count). The van der Waals surface area contributed by atoms with E-state index in [-0.39, 0.29) is 0 Å². The molecule has 2 heterocycles. The predicted molar refractivity (Wildman–Crippen MR) is 65.5 cm³/mol. The number of pyridine rings is 1. The van der Waals surface area contributed by atoms with Crippen LogP contribution in [0.15, 0.2) is 24.4 Å². The summed E-state index contributed by atoms with van der Waals surface area (Å²) in [7, 11) is 0. The van der Waals surface area contributed by atoms with E-state index in [1.54, 1.807) is 6.20 Å². The van der Waals surface area contributed by atoms with Gasteiger partial charge in [-0.1, -0.05) is 19.9 Å². The maximum absolute atomic E-state index is 5.98. The van der Waals surface area contributed by atoms with Crippen LogP contribution in [0, 0.1) is 0 Å². The van der Waals surface area contributed by atoms with Crippen LogP contribution in [0.2, 0.25) is 0 Å². The number of aromatic nitrogens is 3. The molecule has 0 unspecified atom stereocenters. The van der Waals surface area contributed by atoms with Gasteiger partial charge < -0.3 is 0 Å². The van der Waals surface area contributed by atoms with Gasteiger partial charge in [-0.05, 0) is 18.1 Å². The second kappa shape index (κ2) is 4.66. The van der Waals surface area contributed by atoms with E-state index in [1.165, 1.54) is 0 Å². The largest absolute Gasteiger partial charge is 0.281 e. The van der Waals surface area contributed by atoms with Crippen LogP contribution in [0.3, 0.4) is 0 Å². The van der Waals surface area contributed by atoms with Crippen LogP contribution in [0.4, 0.5) is 0 Å². The summed E-state index contributed by atoms with van der Waals surface area (Å²) >= 11 is 5.98. The standard InChI is InChI=1S/C12H14ClN3/c1-8(2)11-9(7-13)12(16-15-11)10-5-3-4-6-14-10/h3-6,8H,7H2,1-2H3,(H,15,16). The highest BCUT2D eigenvalue weighted by Crippen LogP contribution is 2.27. The predicted octanol–water partition coefficient (Wildman–Crippen LogP) is 3.33. The number of rotatable bonds is 3. The zero-order valence-electron chi connectivity index (χ0n) is 9.37. The number of nitrogens with one attached hydrogen (secondary N) is 1. The van der Waals surface area contributed by atoms with Crippen molar-refractivity contribution in [3.05, 3.63) is 35.7 Å². The summed E-state index contributed by atoms with van der Waals surface area (Å²) in [6.07, 6.45) is 1.76. The fraction of sp³-hybridized carbons (Fsp3) is 0.333. The molecule has 0 saturated heterocycles. The van der Waals surface area contributed by atoms with Crippen molar-refractivity contribution in [1.82, 2.24) is 15.2 Å². The number of H-pyrrole nitrogens is 1. The third-order valence-electron chi connectivity index (χ3n) is 2.52. The molecule has 0 aliphatic carbocycles. The van der Waals surface area contributed by atoms with E-state index < -0.39 is 0 Å². The fourth-order valence-electron chi connectivity index (χ4n) is 1.71. The number of nitrogens with zero attached hydrogens (tertiary/aromatic N) is 2. The molecule has 0 fully saturated rings. The van der Waals surface area contributed by atoms with Gasteiger partial charge in [0, 0.05) is 17.5 Å². The average Bonchev–Trinajstić information content (AvgIpc) is 2.73. The molecule has 0 aliphatic rings. The van der Waals surface area contributed by atoms with Gasteiger partial charge in [-0.25, -0.2) is 0 Å². The summed E-state index contributed by atoms with van der Waals surface area (Å²) in [5.41, 5.74) is 3.87. The lowest BCUT2D eigenvalue weighted by Crippen LogP contribution is -1.93. The van der Waals surface area contributed by atoms with E-state index in [0.717, 1.165) is 22.6 Å². The minimum atomic E-state index is 0.388. The molecule has 0 aromatic carbocycles. The van der Waals surface area contributed by atoms with E-state index in [0.29, 0.717) is 11.8 Å². The van der Waals surface area contributed by atoms with Crippen LogP contribution >= 0.6 is 11.6 Å². The van der Waals surface area contributed by atoms with E-state index in [4.69, 9.17) is 11.6 Å². The van der Waals surface area contributed by atoms with Gasteiger partial charge in [0.2, 0.25) is 0 Å². The molecule has 16 heavy (non-hydrogen) atoms. The highest BCUT2D eigenvalue weighted by molar-refractivity contribution is 6.17. The Hall–Kier alpha value is -1.35. The highest BCUT2D eigenvalue weighted by atomic mass is 35.5. The molecule has 3 nitrogen and oxygen atoms in total. The Morgan fingerprint density at radius 2 is 2.19 bits per heavy atom. The SMILES string of the molecule is CC(C)c1[nH]nc(-c2ccccn2)c1CCl. The summed E-state index contributed by atoms with van der Waals surface area (Å²) in [6.45, 7) is 4.23. The van der Waals surface area contributed by atoms with Crippen molar-refractivity contribution in [2.24, 2.45) is 0 Å². The van der Waals surface area contributed by atoms with Crippen LogP contribution < -0.4 is 0 Å². The summed E-state index contributed by atoms with van der Waals surface area (Å²) in [4.78, 5) is 4.29. The zero-order valence-corrected chi connectivity index (χ0v) is 10.1. The van der Waals surface area contributed by atoms with E-state index in [1.807, 2.05) is 18.2 Å². The van der Waals surface area contributed by atoms with Crippen LogP contribution in [0.5, 0.6) is 0 Å². The van der Waals surface area contributed by atoms with Crippen molar-refractivity contribution < 1.29 is 0 Å². The normalized spacial score (nSPS) is 11.0. The van der Waals surface area contributed by atoms with Gasteiger partial charge >= 0.3 is 0 Å². The molecular formula is C12H14ClN3. The molecule has 0 amide bonds. The van der Waals surface area contributed by atoms with Gasteiger partial charge in [0.15, 0.2) is 0 Å². The molecule has 2 aromatic heterocycles. The first-order valence-electron chi connectivity index (χ1n) is 5.28. The molecule has 0 aliphatic heterocycles. The molecule has 84 valence electrons. The van der Waals surface area contributed by atoms with Crippen molar-refractivity contribution in [1.29, 1.82) is 0 Å². The molecule has 0 radical (unpaired) electrons. The average molecular weight is 236 g/mol. The molecule has 2 aromatic rings. The number of aromatic amines is 1. The first-order valence-corrected chi connectivity index (χ1v) is 5.82. The summed E-state index contributed by atoms with van der Waals surface area (Å²) < 4.78 is 0. The van der Waals surface area contributed by atoms with Crippen molar-refractivity contribution in [3.8, 4) is 11.4 Å². The van der Waals surface area contributed by atoms with Crippen molar-refractivity contribution in [2.45, 2.75) is 25.6 Å². The van der Waals surface area contributed by atoms with E-state index in [9.17, 15) is 0 Å². The minimum Gasteiger partial charge on any atom is -0.281 e. The quantitative estimate of drug-likeness (QED) is 0.830. The van der Waals surface area contributed by atoms with Gasteiger partial charge in [-0.2, -0.15) is 5.10 Å².